The van der Waals surface area contributed by atoms with Crippen LogP contribution < -0.4 is 21.3 Å². The molecule has 5 amide bonds. The van der Waals surface area contributed by atoms with E-state index >= 15 is 0 Å². The lowest BCUT2D eigenvalue weighted by Gasteiger charge is -2.48. The Labute approximate surface area is 304 Å². The first-order chi connectivity index (χ1) is 24.0. The Kier molecular flexibility index (Phi) is 13.0. The predicted molar refractivity (Wildman–Crippen MR) is 195 cm³/mol. The first kappa shape index (κ1) is 39.9. The van der Waals surface area contributed by atoms with Gasteiger partial charge in [-0.05, 0) is 60.5 Å². The monoisotopic (exact) mass is 725 g/mol. The standard InChI is InChI=1S/C38H55N5O7S/c1-8-10-16-28(30(44)33(46)39-19-9-2)40-32(45)29-26-21-37(6,7)27(26)22-43(29)34(47)31(36(3,4)5)41-35(48)42-38(17-12-11-13-18-38)24-51(49)23-25-15-14-20-50-25/h1,9,14-15,20,26-29,31H,2,10-13,16-19,21-24H2,3-7H3,(H,39,46)(H,40,45)(H2,41,42,48)/t26?,27?,28?,29-,31+,51?/m0/s1. The van der Waals surface area contributed by atoms with E-state index in [-0.39, 0.29) is 48.1 Å². The number of amides is 5. The van der Waals surface area contributed by atoms with Gasteiger partial charge in [0.25, 0.3) is 5.91 Å². The fourth-order valence-electron chi connectivity index (χ4n) is 7.99. The lowest BCUT2D eigenvalue weighted by atomic mass is 9.55. The van der Waals surface area contributed by atoms with Crippen molar-refractivity contribution in [2.45, 2.75) is 115 Å². The maximum absolute atomic E-state index is 14.6. The van der Waals surface area contributed by atoms with Crippen LogP contribution in [0.3, 0.4) is 0 Å². The number of nitrogens with one attached hydrogen (secondary N) is 4. The van der Waals surface area contributed by atoms with E-state index in [4.69, 9.17) is 10.8 Å². The maximum Gasteiger partial charge on any atom is 0.315 e. The molecule has 4 rings (SSSR count). The van der Waals surface area contributed by atoms with Crippen LogP contribution in [-0.4, -0.2) is 81.2 Å². The van der Waals surface area contributed by atoms with E-state index in [0.717, 1.165) is 19.3 Å². The van der Waals surface area contributed by atoms with Crippen molar-refractivity contribution in [3.8, 4) is 12.3 Å². The zero-order valence-electron chi connectivity index (χ0n) is 30.7. The van der Waals surface area contributed by atoms with Gasteiger partial charge in [0.2, 0.25) is 17.6 Å². The topological polar surface area (TPSA) is 167 Å². The molecule has 0 spiro atoms. The fourth-order valence-corrected chi connectivity index (χ4v) is 9.55. The molecule has 12 nitrogen and oxygen atoms in total. The minimum atomic E-state index is -1.30. The minimum Gasteiger partial charge on any atom is -0.468 e. The molecule has 1 aromatic rings. The number of hydrogen-bond donors (Lipinski definition) is 4. The number of furan rings is 1. The van der Waals surface area contributed by atoms with Gasteiger partial charge in [-0.2, -0.15) is 0 Å². The highest BCUT2D eigenvalue weighted by molar-refractivity contribution is 7.84. The molecule has 4 N–H and O–H groups in total. The molecule has 1 saturated heterocycles. The van der Waals surface area contributed by atoms with Crippen LogP contribution in [0.25, 0.3) is 0 Å². The molecule has 280 valence electrons. The number of terminal acetylenes is 1. The molecule has 2 aliphatic carbocycles. The quantitative estimate of drug-likeness (QED) is 0.122. The summed E-state index contributed by atoms with van der Waals surface area (Å²) in [7, 11) is -1.30. The predicted octanol–water partition coefficient (Wildman–Crippen LogP) is 3.59. The molecule has 51 heavy (non-hydrogen) atoms. The van der Waals surface area contributed by atoms with Gasteiger partial charge in [-0.1, -0.05) is 60.0 Å². The van der Waals surface area contributed by atoms with E-state index < -0.39 is 69.4 Å². The molecular weight excluding hydrogens is 671 g/mol. The largest absolute Gasteiger partial charge is 0.468 e. The highest BCUT2D eigenvalue weighted by Gasteiger charge is 2.61. The Morgan fingerprint density at radius 1 is 1.16 bits per heavy atom. The molecule has 2 heterocycles. The average molecular weight is 726 g/mol. The van der Waals surface area contributed by atoms with Gasteiger partial charge in [-0.25, -0.2) is 4.79 Å². The summed E-state index contributed by atoms with van der Waals surface area (Å²) >= 11 is 0. The van der Waals surface area contributed by atoms with Crippen LogP contribution in [0.5, 0.6) is 0 Å². The number of rotatable bonds is 15. The van der Waals surface area contributed by atoms with Crippen molar-refractivity contribution in [1.29, 1.82) is 0 Å². The van der Waals surface area contributed by atoms with Crippen molar-refractivity contribution in [3.05, 3.63) is 36.8 Å². The van der Waals surface area contributed by atoms with E-state index in [1.807, 2.05) is 20.8 Å². The molecule has 3 fully saturated rings. The summed E-state index contributed by atoms with van der Waals surface area (Å²) in [4.78, 5) is 69.7. The summed E-state index contributed by atoms with van der Waals surface area (Å²) in [5, 5.41) is 11.3. The van der Waals surface area contributed by atoms with Gasteiger partial charge in [0, 0.05) is 36.1 Å². The molecular formula is C38H55N5O7S. The van der Waals surface area contributed by atoms with Crippen molar-refractivity contribution in [3.63, 3.8) is 0 Å². The fraction of sp³-hybridized carbons (Fsp3) is 0.658. The third-order valence-electron chi connectivity index (χ3n) is 10.7. The zero-order valence-corrected chi connectivity index (χ0v) is 31.5. The summed E-state index contributed by atoms with van der Waals surface area (Å²) in [6, 6.07) is -0.0899. The molecule has 0 radical (unpaired) electrons. The van der Waals surface area contributed by atoms with Crippen molar-refractivity contribution in [2.24, 2.45) is 22.7 Å². The van der Waals surface area contributed by atoms with Crippen molar-refractivity contribution in [1.82, 2.24) is 26.2 Å². The van der Waals surface area contributed by atoms with Gasteiger partial charge in [0.05, 0.1) is 23.6 Å². The Morgan fingerprint density at radius 3 is 2.45 bits per heavy atom. The summed E-state index contributed by atoms with van der Waals surface area (Å²) in [5.41, 5.74) is -1.58. The smallest absolute Gasteiger partial charge is 0.315 e. The van der Waals surface area contributed by atoms with Gasteiger partial charge in [0.15, 0.2) is 0 Å². The SMILES string of the molecule is C#CCCC(NC(=O)[C@@H]1C2CC(C)(C)C2CN1C(=O)[C@@H](NC(=O)NC1(CS(=O)Cc2ccco2)CCCCC1)C(C)(C)C)C(=O)C(=O)NCC=C. The normalized spacial score (nSPS) is 23.6. The number of nitrogens with zero attached hydrogens (tertiary/aromatic N) is 1. The average Bonchev–Trinajstić information content (AvgIpc) is 3.69. The van der Waals surface area contributed by atoms with Gasteiger partial charge in [-0.15, -0.1) is 18.9 Å². The molecule has 4 unspecified atom stereocenters. The van der Waals surface area contributed by atoms with Crippen LogP contribution in [0.4, 0.5) is 4.79 Å². The molecule has 13 heteroatoms. The molecule has 3 aliphatic rings. The maximum atomic E-state index is 14.6. The van der Waals surface area contributed by atoms with E-state index in [9.17, 15) is 28.2 Å². The number of ketones is 1. The summed E-state index contributed by atoms with van der Waals surface area (Å²) in [6.07, 6.45) is 13.4. The molecule has 6 atom stereocenters. The van der Waals surface area contributed by atoms with Crippen LogP contribution in [0, 0.1) is 35.0 Å². The molecule has 1 aliphatic heterocycles. The summed E-state index contributed by atoms with van der Waals surface area (Å²) < 4.78 is 18.6. The lowest BCUT2D eigenvalue weighted by molar-refractivity contribution is -0.145. The van der Waals surface area contributed by atoms with Crippen LogP contribution in [0.2, 0.25) is 0 Å². The number of carbonyl (C=O) groups is 5. The first-order valence-corrected chi connectivity index (χ1v) is 19.4. The Balaban J connectivity index is 1.54. The second-order valence-corrected chi connectivity index (χ2v) is 17.6. The van der Waals surface area contributed by atoms with Crippen molar-refractivity contribution >= 4 is 40.3 Å². The number of fused-ring (bicyclic) bond motifs is 1. The number of Topliss-reactive ketones (excluding diaryl/α,β-unsaturated/α-hetero) is 1. The van der Waals surface area contributed by atoms with Gasteiger partial charge >= 0.3 is 6.03 Å². The first-order valence-electron chi connectivity index (χ1n) is 18.0. The van der Waals surface area contributed by atoms with Crippen molar-refractivity contribution < 1.29 is 32.6 Å². The number of carbonyl (C=O) groups excluding carboxylic acids is 5. The van der Waals surface area contributed by atoms with Crippen LogP contribution >= 0.6 is 0 Å². The minimum absolute atomic E-state index is 0.0250. The van der Waals surface area contributed by atoms with E-state index in [1.54, 1.807) is 23.3 Å². The number of likely N-dealkylation sites (tertiary alicyclic amines) is 1. The van der Waals surface area contributed by atoms with E-state index in [0.29, 0.717) is 31.6 Å². The third kappa shape index (κ3) is 9.70. The molecule has 0 aromatic carbocycles. The zero-order chi connectivity index (χ0) is 37.6. The highest BCUT2D eigenvalue weighted by atomic mass is 32.2. The highest BCUT2D eigenvalue weighted by Crippen LogP contribution is 2.57. The Hall–Kier alpha value is -3.92. The third-order valence-corrected chi connectivity index (χ3v) is 12.2. The van der Waals surface area contributed by atoms with Gasteiger partial charge in [0.1, 0.15) is 17.8 Å². The molecule has 2 saturated carbocycles. The van der Waals surface area contributed by atoms with Crippen LogP contribution in [0.15, 0.2) is 35.5 Å². The Morgan fingerprint density at radius 2 is 1.86 bits per heavy atom. The van der Waals surface area contributed by atoms with E-state index in [1.165, 1.54) is 6.08 Å². The van der Waals surface area contributed by atoms with Crippen molar-refractivity contribution in [2.75, 3.05) is 18.8 Å². The number of hydrogen-bond acceptors (Lipinski definition) is 7. The lowest BCUT2D eigenvalue weighted by Crippen LogP contribution is -2.63. The second-order valence-electron chi connectivity index (χ2n) is 16.1. The van der Waals surface area contributed by atoms with Gasteiger partial charge < -0.3 is 30.6 Å². The molecule has 0 bridgehead atoms. The van der Waals surface area contributed by atoms with Crippen LogP contribution in [0.1, 0.15) is 91.7 Å². The second kappa shape index (κ2) is 16.6. The van der Waals surface area contributed by atoms with Gasteiger partial charge in [-0.3, -0.25) is 23.4 Å². The van der Waals surface area contributed by atoms with Crippen LogP contribution in [-0.2, 0) is 35.7 Å². The summed E-state index contributed by atoms with van der Waals surface area (Å²) in [5.74, 6) is 0.822. The number of urea groups is 1. The van der Waals surface area contributed by atoms with E-state index in [2.05, 4.69) is 47.6 Å². The Bertz CT molecular complexity index is 1520. The summed E-state index contributed by atoms with van der Waals surface area (Å²) in [6.45, 7) is 13.7. The molecule has 1 aromatic heterocycles.